The maximum absolute atomic E-state index is 12.2. The van der Waals surface area contributed by atoms with Crippen LogP contribution < -0.4 is 10.6 Å². The first kappa shape index (κ1) is 15.4. The zero-order valence-electron chi connectivity index (χ0n) is 12.0. The van der Waals surface area contributed by atoms with E-state index >= 15 is 0 Å². The minimum atomic E-state index is -0.112. The van der Waals surface area contributed by atoms with Gasteiger partial charge in [0.15, 0.2) is 0 Å². The summed E-state index contributed by atoms with van der Waals surface area (Å²) in [4.78, 5) is 16.2. The quantitative estimate of drug-likeness (QED) is 0.773. The van der Waals surface area contributed by atoms with Gasteiger partial charge in [-0.25, -0.2) is 4.98 Å². The van der Waals surface area contributed by atoms with Crippen molar-refractivity contribution in [2.24, 2.45) is 0 Å². The number of hydrogen-bond acceptors (Lipinski definition) is 3. The largest absolute Gasteiger partial charge is 0.385 e. The summed E-state index contributed by atoms with van der Waals surface area (Å²) in [7, 11) is 0. The van der Waals surface area contributed by atoms with E-state index in [0.717, 1.165) is 25.2 Å². The average Bonchev–Trinajstić information content (AvgIpc) is 2.99. The van der Waals surface area contributed by atoms with Crippen LogP contribution in [0.1, 0.15) is 23.7 Å². The molecule has 112 valence electrons. The van der Waals surface area contributed by atoms with Gasteiger partial charge >= 0.3 is 0 Å². The van der Waals surface area contributed by atoms with Crippen molar-refractivity contribution in [2.75, 3.05) is 18.4 Å². The number of carbonyl (C=O) groups excluding carboxylic acids is 1. The topological polar surface area (TPSA) is 59.0 Å². The van der Waals surface area contributed by atoms with Gasteiger partial charge in [0.1, 0.15) is 0 Å². The minimum absolute atomic E-state index is 0.112. The van der Waals surface area contributed by atoms with E-state index in [-0.39, 0.29) is 5.91 Å². The molecule has 0 atom stereocenters. The molecule has 5 nitrogen and oxygen atoms in total. The molecule has 2 N–H and O–H groups in total. The molecule has 0 fully saturated rings. The lowest BCUT2D eigenvalue weighted by molar-refractivity contribution is 0.0953. The van der Waals surface area contributed by atoms with Gasteiger partial charge in [-0.3, -0.25) is 4.79 Å². The first-order valence-electron chi connectivity index (χ1n) is 6.98. The second kappa shape index (κ2) is 7.69. The Bertz CT molecular complexity index is 583. The molecule has 0 radical (unpaired) electrons. The molecule has 1 amide bonds. The third-order valence-corrected chi connectivity index (χ3v) is 3.27. The van der Waals surface area contributed by atoms with E-state index in [4.69, 9.17) is 11.6 Å². The predicted octanol–water partition coefficient (Wildman–Crippen LogP) is 2.79. The predicted molar refractivity (Wildman–Crippen MR) is 84.8 cm³/mol. The summed E-state index contributed by atoms with van der Waals surface area (Å²) < 4.78 is 1.98. The highest BCUT2D eigenvalue weighted by atomic mass is 35.5. The maximum atomic E-state index is 12.2. The number of aromatic nitrogens is 2. The third kappa shape index (κ3) is 4.49. The lowest BCUT2D eigenvalue weighted by atomic mass is 10.1. The molecular weight excluding hydrogens is 288 g/mol. The Labute approximate surface area is 129 Å². The summed E-state index contributed by atoms with van der Waals surface area (Å²) in [5.74, 6) is -0.112. The monoisotopic (exact) mass is 306 g/mol. The molecule has 0 aliphatic heterocycles. The second-order valence-electron chi connectivity index (χ2n) is 4.63. The first-order valence-corrected chi connectivity index (χ1v) is 7.36. The molecule has 1 heterocycles. The number of hydrogen-bond donors (Lipinski definition) is 2. The van der Waals surface area contributed by atoms with Gasteiger partial charge in [-0.1, -0.05) is 11.6 Å². The van der Waals surface area contributed by atoms with Crippen molar-refractivity contribution >= 4 is 23.2 Å². The molecule has 0 aliphatic rings. The van der Waals surface area contributed by atoms with Crippen LogP contribution in [0.3, 0.4) is 0 Å². The van der Waals surface area contributed by atoms with Crippen molar-refractivity contribution in [1.29, 1.82) is 0 Å². The number of nitrogens with zero attached hydrogens (tertiary/aromatic N) is 2. The normalized spacial score (nSPS) is 10.4. The molecule has 0 unspecified atom stereocenters. The highest BCUT2D eigenvalue weighted by Crippen LogP contribution is 2.20. The molecule has 21 heavy (non-hydrogen) atoms. The Morgan fingerprint density at radius 3 is 3.00 bits per heavy atom. The standard InChI is InChI=1S/C15H19ClN4O/c1-2-18-14-5-4-12(16)10-13(14)15(21)19-6-3-8-20-9-7-17-11-20/h4-5,7,9-11,18H,2-3,6,8H2,1H3,(H,19,21). The average molecular weight is 307 g/mol. The van der Waals surface area contributed by atoms with Gasteiger partial charge in [-0.15, -0.1) is 0 Å². The Hall–Kier alpha value is -2.01. The van der Waals surface area contributed by atoms with Crippen molar-refractivity contribution in [3.63, 3.8) is 0 Å². The van der Waals surface area contributed by atoms with E-state index in [2.05, 4.69) is 15.6 Å². The van der Waals surface area contributed by atoms with Crippen molar-refractivity contribution < 1.29 is 4.79 Å². The van der Waals surface area contributed by atoms with Crippen LogP contribution in [0.25, 0.3) is 0 Å². The minimum Gasteiger partial charge on any atom is -0.385 e. The number of benzene rings is 1. The van der Waals surface area contributed by atoms with Crippen molar-refractivity contribution in [1.82, 2.24) is 14.9 Å². The van der Waals surface area contributed by atoms with Gasteiger partial charge in [-0.05, 0) is 31.5 Å². The maximum Gasteiger partial charge on any atom is 0.253 e. The van der Waals surface area contributed by atoms with Crippen LogP contribution in [0, 0.1) is 0 Å². The second-order valence-corrected chi connectivity index (χ2v) is 5.07. The van der Waals surface area contributed by atoms with Gasteiger partial charge in [0.05, 0.1) is 11.9 Å². The molecule has 2 aromatic rings. The molecular formula is C15H19ClN4O. The van der Waals surface area contributed by atoms with Crippen molar-refractivity contribution in [2.45, 2.75) is 19.9 Å². The molecule has 2 rings (SSSR count). The number of carbonyl (C=O) groups is 1. The Balaban J connectivity index is 1.88. The van der Waals surface area contributed by atoms with Crippen molar-refractivity contribution in [3.8, 4) is 0 Å². The molecule has 0 saturated heterocycles. The summed E-state index contributed by atoms with van der Waals surface area (Å²) in [6.45, 7) is 4.18. The van der Waals surface area contributed by atoms with Gasteiger partial charge in [0.25, 0.3) is 5.91 Å². The molecule has 1 aromatic heterocycles. The van der Waals surface area contributed by atoms with Crippen LogP contribution in [-0.2, 0) is 6.54 Å². The molecule has 6 heteroatoms. The van der Waals surface area contributed by atoms with E-state index in [0.29, 0.717) is 17.1 Å². The number of imidazole rings is 1. The van der Waals surface area contributed by atoms with E-state index in [1.807, 2.05) is 23.8 Å². The summed E-state index contributed by atoms with van der Waals surface area (Å²) in [5, 5.41) is 6.64. The number of rotatable bonds is 7. The lowest BCUT2D eigenvalue weighted by Gasteiger charge is -2.11. The lowest BCUT2D eigenvalue weighted by Crippen LogP contribution is -2.26. The summed E-state index contributed by atoms with van der Waals surface area (Å²) in [6, 6.07) is 5.28. The highest BCUT2D eigenvalue weighted by Gasteiger charge is 2.11. The fraction of sp³-hybridized carbons (Fsp3) is 0.333. The van der Waals surface area contributed by atoms with Crippen LogP contribution in [0.2, 0.25) is 5.02 Å². The zero-order chi connectivity index (χ0) is 15.1. The number of halogens is 1. The van der Waals surface area contributed by atoms with E-state index in [1.54, 1.807) is 24.7 Å². The summed E-state index contributed by atoms with van der Waals surface area (Å²) >= 11 is 5.97. The van der Waals surface area contributed by atoms with Gasteiger partial charge in [-0.2, -0.15) is 0 Å². The van der Waals surface area contributed by atoms with E-state index < -0.39 is 0 Å². The van der Waals surface area contributed by atoms with Crippen LogP contribution in [0.4, 0.5) is 5.69 Å². The molecule has 0 aliphatic carbocycles. The van der Waals surface area contributed by atoms with Crippen molar-refractivity contribution in [3.05, 3.63) is 47.5 Å². The number of nitrogens with one attached hydrogen (secondary N) is 2. The fourth-order valence-corrected chi connectivity index (χ4v) is 2.20. The Morgan fingerprint density at radius 2 is 2.29 bits per heavy atom. The van der Waals surface area contributed by atoms with Gasteiger partial charge in [0.2, 0.25) is 0 Å². The SMILES string of the molecule is CCNc1ccc(Cl)cc1C(=O)NCCCn1ccnc1. The molecule has 0 saturated carbocycles. The first-order chi connectivity index (χ1) is 10.2. The fourth-order valence-electron chi connectivity index (χ4n) is 2.03. The summed E-state index contributed by atoms with van der Waals surface area (Å²) in [5.41, 5.74) is 1.38. The smallest absolute Gasteiger partial charge is 0.253 e. The zero-order valence-corrected chi connectivity index (χ0v) is 12.7. The van der Waals surface area contributed by atoms with Gasteiger partial charge in [0, 0.05) is 42.7 Å². The molecule has 0 spiro atoms. The van der Waals surface area contributed by atoms with Crippen LogP contribution >= 0.6 is 11.6 Å². The van der Waals surface area contributed by atoms with Crippen LogP contribution in [0.5, 0.6) is 0 Å². The molecule has 1 aromatic carbocycles. The number of anilines is 1. The van der Waals surface area contributed by atoms with E-state index in [9.17, 15) is 4.79 Å². The number of amides is 1. The van der Waals surface area contributed by atoms with Crippen LogP contribution in [-0.4, -0.2) is 28.5 Å². The Morgan fingerprint density at radius 1 is 1.43 bits per heavy atom. The summed E-state index contributed by atoms with van der Waals surface area (Å²) in [6.07, 6.45) is 6.26. The highest BCUT2D eigenvalue weighted by molar-refractivity contribution is 6.31. The Kier molecular flexibility index (Phi) is 5.63. The molecule has 0 bridgehead atoms. The third-order valence-electron chi connectivity index (χ3n) is 3.03. The van der Waals surface area contributed by atoms with E-state index in [1.165, 1.54) is 0 Å². The van der Waals surface area contributed by atoms with Gasteiger partial charge < -0.3 is 15.2 Å². The van der Waals surface area contributed by atoms with Crippen LogP contribution in [0.15, 0.2) is 36.9 Å². The number of aryl methyl sites for hydroxylation is 1.